The van der Waals surface area contributed by atoms with Crippen molar-refractivity contribution in [2.45, 2.75) is 26.3 Å². The third-order valence-corrected chi connectivity index (χ3v) is 2.99. The average molecular weight is 279 g/mol. The highest BCUT2D eigenvalue weighted by Crippen LogP contribution is 2.26. The molecule has 0 aliphatic carbocycles. The minimum atomic E-state index is -0.423. The van der Waals surface area contributed by atoms with Crippen molar-refractivity contribution >= 4 is 0 Å². The van der Waals surface area contributed by atoms with Gasteiger partial charge in [0.15, 0.2) is 11.6 Å². The number of hydrogen-bond acceptors (Lipinski definition) is 5. The van der Waals surface area contributed by atoms with Gasteiger partial charge in [0, 0.05) is 5.56 Å². The number of nitrogens with zero attached hydrogens (tertiary/aromatic N) is 2. The predicted octanol–water partition coefficient (Wildman–Crippen LogP) is 2.73. The van der Waals surface area contributed by atoms with E-state index in [9.17, 15) is 4.39 Å². The lowest BCUT2D eigenvalue weighted by molar-refractivity contribution is 0.272. The fourth-order valence-corrected chi connectivity index (χ4v) is 1.91. The minimum Gasteiger partial charge on any atom is -0.494 e. The summed E-state index contributed by atoms with van der Waals surface area (Å²) in [5.74, 6) is 0.620. The molecule has 1 N–H and O–H groups in total. The van der Waals surface area contributed by atoms with Crippen LogP contribution < -0.4 is 10.1 Å². The zero-order chi connectivity index (χ0) is 14.8. The number of benzene rings is 1. The standard InChI is InChI=1S/C14H18FN3O2/c1-5-16-14(2,3)13-17-12(18-20-13)9-6-7-10(15)11(8-9)19-4/h6-8,16H,5H2,1-4H3. The summed E-state index contributed by atoms with van der Waals surface area (Å²) < 4.78 is 23.6. The molecule has 0 bridgehead atoms. The fourth-order valence-electron chi connectivity index (χ4n) is 1.91. The lowest BCUT2D eigenvalue weighted by atomic mass is 10.1. The Labute approximate surface area is 117 Å². The molecule has 0 fully saturated rings. The van der Waals surface area contributed by atoms with Gasteiger partial charge in [-0.1, -0.05) is 12.1 Å². The molecule has 1 aromatic carbocycles. The maximum Gasteiger partial charge on any atom is 0.246 e. The average Bonchev–Trinajstić information content (AvgIpc) is 2.89. The topological polar surface area (TPSA) is 60.2 Å². The third-order valence-electron chi connectivity index (χ3n) is 2.99. The summed E-state index contributed by atoms with van der Waals surface area (Å²) in [7, 11) is 1.41. The number of ether oxygens (including phenoxy) is 1. The van der Waals surface area contributed by atoms with Crippen LogP contribution in [0.3, 0.4) is 0 Å². The number of hydrogen-bond donors (Lipinski definition) is 1. The first-order valence-corrected chi connectivity index (χ1v) is 6.41. The van der Waals surface area contributed by atoms with E-state index >= 15 is 0 Å². The first-order valence-electron chi connectivity index (χ1n) is 6.41. The smallest absolute Gasteiger partial charge is 0.246 e. The van der Waals surface area contributed by atoms with Crippen molar-refractivity contribution in [3.63, 3.8) is 0 Å². The molecule has 0 saturated heterocycles. The number of halogens is 1. The van der Waals surface area contributed by atoms with E-state index in [-0.39, 0.29) is 5.75 Å². The quantitative estimate of drug-likeness (QED) is 0.912. The van der Waals surface area contributed by atoms with Gasteiger partial charge in [-0.15, -0.1) is 0 Å². The molecule has 0 saturated carbocycles. The molecule has 108 valence electrons. The Kier molecular flexibility index (Phi) is 4.04. The molecule has 6 heteroatoms. The first-order chi connectivity index (χ1) is 9.47. The van der Waals surface area contributed by atoms with E-state index in [0.717, 1.165) is 6.54 Å². The Hall–Kier alpha value is -1.95. The molecule has 1 heterocycles. The molecule has 0 radical (unpaired) electrons. The lowest BCUT2D eigenvalue weighted by Gasteiger charge is -2.20. The van der Waals surface area contributed by atoms with Gasteiger partial charge in [0.2, 0.25) is 11.7 Å². The molecule has 0 spiro atoms. The summed E-state index contributed by atoms with van der Waals surface area (Å²) in [6, 6.07) is 4.45. The molecule has 0 aliphatic heterocycles. The molecular formula is C14H18FN3O2. The van der Waals surface area contributed by atoms with Gasteiger partial charge in [0.05, 0.1) is 12.6 Å². The van der Waals surface area contributed by atoms with Crippen LogP contribution in [0.5, 0.6) is 5.75 Å². The molecule has 2 aromatic rings. The second kappa shape index (κ2) is 5.58. The second-order valence-corrected chi connectivity index (χ2v) is 4.93. The van der Waals surface area contributed by atoms with Gasteiger partial charge in [-0.2, -0.15) is 4.98 Å². The van der Waals surface area contributed by atoms with Crippen molar-refractivity contribution in [1.82, 2.24) is 15.5 Å². The third kappa shape index (κ3) is 2.80. The van der Waals surface area contributed by atoms with E-state index in [4.69, 9.17) is 9.26 Å². The fraction of sp³-hybridized carbons (Fsp3) is 0.429. The molecule has 0 unspecified atom stereocenters. The Balaban J connectivity index is 2.33. The molecule has 0 amide bonds. The predicted molar refractivity (Wildman–Crippen MR) is 72.9 cm³/mol. The van der Waals surface area contributed by atoms with Crippen LogP contribution in [0.1, 0.15) is 26.7 Å². The van der Waals surface area contributed by atoms with Crippen molar-refractivity contribution in [2.75, 3.05) is 13.7 Å². The summed E-state index contributed by atoms with van der Waals surface area (Å²) in [6.45, 7) is 6.71. The van der Waals surface area contributed by atoms with E-state index in [1.807, 2.05) is 20.8 Å². The zero-order valence-electron chi connectivity index (χ0n) is 12.0. The number of rotatable bonds is 5. The van der Waals surface area contributed by atoms with E-state index in [2.05, 4.69) is 15.5 Å². The van der Waals surface area contributed by atoms with Gasteiger partial charge in [0.1, 0.15) is 0 Å². The summed E-state index contributed by atoms with van der Waals surface area (Å²) in [5, 5.41) is 7.19. The minimum absolute atomic E-state index is 0.153. The molecular weight excluding hydrogens is 261 g/mol. The van der Waals surface area contributed by atoms with Crippen LogP contribution in [0.25, 0.3) is 11.4 Å². The van der Waals surface area contributed by atoms with E-state index < -0.39 is 11.4 Å². The second-order valence-electron chi connectivity index (χ2n) is 4.93. The van der Waals surface area contributed by atoms with Gasteiger partial charge in [0.25, 0.3) is 0 Å². The van der Waals surface area contributed by atoms with Crippen molar-refractivity contribution in [3.05, 3.63) is 29.9 Å². The van der Waals surface area contributed by atoms with Gasteiger partial charge < -0.3 is 14.6 Å². The van der Waals surface area contributed by atoms with Crippen LogP contribution in [0, 0.1) is 5.82 Å². The van der Waals surface area contributed by atoms with Crippen molar-refractivity contribution in [3.8, 4) is 17.1 Å². The van der Waals surface area contributed by atoms with Crippen LogP contribution >= 0.6 is 0 Å². The van der Waals surface area contributed by atoms with Gasteiger partial charge >= 0.3 is 0 Å². The number of methoxy groups -OCH3 is 1. The van der Waals surface area contributed by atoms with E-state index in [1.54, 1.807) is 12.1 Å². The summed E-state index contributed by atoms with van der Waals surface area (Å²) >= 11 is 0. The van der Waals surface area contributed by atoms with Crippen molar-refractivity contribution < 1.29 is 13.7 Å². The van der Waals surface area contributed by atoms with Crippen molar-refractivity contribution in [1.29, 1.82) is 0 Å². The Morgan fingerprint density at radius 3 is 2.80 bits per heavy atom. The molecule has 1 aromatic heterocycles. The molecule has 5 nitrogen and oxygen atoms in total. The van der Waals surface area contributed by atoms with Gasteiger partial charge in [-0.05, 0) is 38.6 Å². The number of nitrogens with one attached hydrogen (secondary N) is 1. The SMILES string of the molecule is CCNC(C)(C)c1nc(-c2ccc(F)c(OC)c2)no1. The summed E-state index contributed by atoms with van der Waals surface area (Å²) in [5.41, 5.74) is 0.231. The van der Waals surface area contributed by atoms with Crippen LogP contribution in [0.4, 0.5) is 4.39 Å². The highest BCUT2D eigenvalue weighted by atomic mass is 19.1. The van der Waals surface area contributed by atoms with Gasteiger partial charge in [-0.25, -0.2) is 4.39 Å². The zero-order valence-corrected chi connectivity index (χ0v) is 12.0. The first kappa shape index (κ1) is 14.5. The monoisotopic (exact) mass is 279 g/mol. The highest BCUT2D eigenvalue weighted by molar-refractivity contribution is 5.57. The highest BCUT2D eigenvalue weighted by Gasteiger charge is 2.26. The Bertz CT molecular complexity index is 596. The normalized spacial score (nSPS) is 11.7. The van der Waals surface area contributed by atoms with Crippen LogP contribution in [0.2, 0.25) is 0 Å². The Morgan fingerprint density at radius 2 is 2.15 bits per heavy atom. The van der Waals surface area contributed by atoms with Crippen molar-refractivity contribution in [2.24, 2.45) is 0 Å². The summed E-state index contributed by atoms with van der Waals surface area (Å²) in [4.78, 5) is 4.36. The lowest BCUT2D eigenvalue weighted by Crippen LogP contribution is -2.36. The largest absolute Gasteiger partial charge is 0.494 e. The molecule has 0 atom stereocenters. The number of aromatic nitrogens is 2. The summed E-state index contributed by atoms with van der Waals surface area (Å²) in [6.07, 6.45) is 0. The van der Waals surface area contributed by atoms with Crippen LogP contribution in [0.15, 0.2) is 22.7 Å². The van der Waals surface area contributed by atoms with E-state index in [0.29, 0.717) is 17.3 Å². The maximum atomic E-state index is 13.4. The maximum absolute atomic E-state index is 13.4. The molecule has 0 aliphatic rings. The molecule has 20 heavy (non-hydrogen) atoms. The van der Waals surface area contributed by atoms with Crippen LogP contribution in [-0.2, 0) is 5.54 Å². The van der Waals surface area contributed by atoms with Gasteiger partial charge in [-0.3, -0.25) is 0 Å². The van der Waals surface area contributed by atoms with Crippen LogP contribution in [-0.4, -0.2) is 23.8 Å². The van der Waals surface area contributed by atoms with E-state index in [1.165, 1.54) is 13.2 Å². The molecule has 2 rings (SSSR count). The Morgan fingerprint density at radius 1 is 1.40 bits per heavy atom.